The summed E-state index contributed by atoms with van der Waals surface area (Å²) in [6.07, 6.45) is 12.5. The van der Waals surface area contributed by atoms with Crippen LogP contribution < -0.4 is 0 Å². The van der Waals surface area contributed by atoms with E-state index in [0.717, 1.165) is 18.5 Å². The number of hydrogen-bond acceptors (Lipinski definition) is 1. The number of allylic oxidation sites excluding steroid dienone is 5. The summed E-state index contributed by atoms with van der Waals surface area (Å²) in [6.45, 7) is 16.1. The summed E-state index contributed by atoms with van der Waals surface area (Å²) >= 11 is 0. The van der Waals surface area contributed by atoms with Gasteiger partial charge in [0, 0.05) is 6.21 Å². The van der Waals surface area contributed by atoms with E-state index >= 15 is 0 Å². The van der Waals surface area contributed by atoms with Crippen LogP contribution in [-0.2, 0) is 0 Å². The summed E-state index contributed by atoms with van der Waals surface area (Å²) in [7, 11) is 0. The molecule has 0 unspecified atom stereocenters. The molecule has 0 heterocycles. The van der Waals surface area contributed by atoms with Gasteiger partial charge in [0.1, 0.15) is 0 Å². The Balaban J connectivity index is -0.000000328. The number of aliphatic imine (C=N–C) groups is 1. The molecule has 0 N–H and O–H groups in total. The predicted octanol–water partition coefficient (Wildman–Crippen LogP) is 6.34. The Hall–Kier alpha value is -1.11. The van der Waals surface area contributed by atoms with Gasteiger partial charge in [-0.3, -0.25) is 4.99 Å². The third-order valence-corrected chi connectivity index (χ3v) is 1.87. The molecule has 1 aliphatic carbocycles. The molecule has 1 heteroatoms. The summed E-state index contributed by atoms with van der Waals surface area (Å²) in [5, 5.41) is 0. The average Bonchev–Trinajstić information content (AvgIpc) is 2.71. The fourth-order valence-electron chi connectivity index (χ4n) is 1.25. The average molecular weight is 251 g/mol. The fraction of sp³-hybridized carbons (Fsp3) is 0.588. The first-order valence-corrected chi connectivity index (χ1v) is 7.43. The molecule has 0 spiro atoms. The van der Waals surface area contributed by atoms with Gasteiger partial charge < -0.3 is 0 Å². The minimum atomic E-state index is 1.03. The Labute approximate surface area is 115 Å². The van der Waals surface area contributed by atoms with Gasteiger partial charge in [0.25, 0.3) is 0 Å². The van der Waals surface area contributed by atoms with Gasteiger partial charge in [-0.15, -0.1) is 0 Å². The van der Waals surface area contributed by atoms with Crippen molar-refractivity contribution in [3.05, 3.63) is 35.6 Å². The molecule has 0 amide bonds. The predicted molar refractivity (Wildman–Crippen MR) is 88.4 cm³/mol. The zero-order valence-electron chi connectivity index (χ0n) is 13.7. The lowest BCUT2D eigenvalue weighted by Crippen LogP contribution is -1.84. The standard InChI is InChI=1S/C11H15N.3C2H6/c1-3-10-8-6-5-7-9-11(10)12-4-2;3*1-2/h4-5,7-9H,3,6H2,1-2H3;3*1-2H3. The van der Waals surface area contributed by atoms with Gasteiger partial charge in [0.15, 0.2) is 0 Å². The first-order chi connectivity index (χ1) is 8.88. The molecule has 1 nitrogen and oxygen atoms in total. The molecule has 0 aromatic carbocycles. The number of rotatable bonds is 2. The van der Waals surface area contributed by atoms with Crippen molar-refractivity contribution in [2.24, 2.45) is 4.99 Å². The van der Waals surface area contributed by atoms with Crippen molar-refractivity contribution < 1.29 is 0 Å². The molecular formula is C17H33N. The normalized spacial score (nSPS) is 12.7. The molecule has 0 aromatic rings. The molecule has 0 bridgehead atoms. The summed E-state index contributed by atoms with van der Waals surface area (Å²) < 4.78 is 0. The molecule has 1 rings (SSSR count). The lowest BCUT2D eigenvalue weighted by atomic mass is 10.1. The molecule has 0 saturated carbocycles. The molecule has 18 heavy (non-hydrogen) atoms. The first-order valence-electron chi connectivity index (χ1n) is 7.43. The maximum absolute atomic E-state index is 4.31. The van der Waals surface area contributed by atoms with Crippen LogP contribution >= 0.6 is 0 Å². The fourth-order valence-corrected chi connectivity index (χ4v) is 1.25. The van der Waals surface area contributed by atoms with E-state index in [1.54, 1.807) is 0 Å². The molecule has 1 aliphatic rings. The SMILES string of the molecule is CC.CC.CC.CC=NC1=CC=CCC=C1CC. The summed E-state index contributed by atoms with van der Waals surface area (Å²) in [6, 6.07) is 0. The molecule has 0 aliphatic heterocycles. The smallest absolute Gasteiger partial charge is 0.0654 e. The van der Waals surface area contributed by atoms with Gasteiger partial charge in [-0.05, 0) is 31.4 Å². The Morgan fingerprint density at radius 3 is 2.11 bits per heavy atom. The largest absolute Gasteiger partial charge is 0.261 e. The van der Waals surface area contributed by atoms with Gasteiger partial charge in [-0.2, -0.15) is 0 Å². The Bertz CT molecular complexity index is 255. The molecular weight excluding hydrogens is 218 g/mol. The highest BCUT2D eigenvalue weighted by Crippen LogP contribution is 2.18. The van der Waals surface area contributed by atoms with Crippen LogP contribution in [0, 0.1) is 0 Å². The zero-order chi connectivity index (χ0) is 14.8. The number of hydrogen-bond donors (Lipinski definition) is 0. The van der Waals surface area contributed by atoms with E-state index in [2.05, 4.69) is 36.2 Å². The zero-order valence-corrected chi connectivity index (χ0v) is 13.7. The highest BCUT2D eigenvalue weighted by atomic mass is 14.7. The molecule has 106 valence electrons. The lowest BCUT2D eigenvalue weighted by molar-refractivity contribution is 1.08. The molecule has 0 saturated heterocycles. The van der Waals surface area contributed by atoms with Crippen LogP contribution in [0.1, 0.15) is 68.2 Å². The Kier molecular flexibility index (Phi) is 26.0. The monoisotopic (exact) mass is 251 g/mol. The van der Waals surface area contributed by atoms with Crippen LogP contribution in [0.5, 0.6) is 0 Å². The van der Waals surface area contributed by atoms with Crippen molar-refractivity contribution in [1.82, 2.24) is 0 Å². The quantitative estimate of drug-likeness (QED) is 0.508. The highest BCUT2D eigenvalue weighted by molar-refractivity contribution is 5.57. The van der Waals surface area contributed by atoms with Gasteiger partial charge in [-0.1, -0.05) is 66.7 Å². The number of nitrogens with zero attached hydrogens (tertiary/aromatic N) is 1. The third kappa shape index (κ3) is 11.4. The minimum Gasteiger partial charge on any atom is -0.261 e. The van der Waals surface area contributed by atoms with Crippen molar-refractivity contribution in [2.75, 3.05) is 0 Å². The van der Waals surface area contributed by atoms with Crippen molar-refractivity contribution in [1.29, 1.82) is 0 Å². The van der Waals surface area contributed by atoms with Crippen molar-refractivity contribution in [3.8, 4) is 0 Å². The van der Waals surface area contributed by atoms with Crippen LogP contribution in [0.2, 0.25) is 0 Å². The second kappa shape index (κ2) is 21.2. The first kappa shape index (κ1) is 22.1. The van der Waals surface area contributed by atoms with E-state index in [1.807, 2.05) is 54.7 Å². The Morgan fingerprint density at radius 1 is 1.11 bits per heavy atom. The molecule has 0 aromatic heterocycles. The van der Waals surface area contributed by atoms with Crippen LogP contribution in [0.15, 0.2) is 40.6 Å². The Morgan fingerprint density at radius 2 is 1.67 bits per heavy atom. The van der Waals surface area contributed by atoms with Crippen LogP contribution in [-0.4, -0.2) is 6.21 Å². The van der Waals surface area contributed by atoms with Crippen LogP contribution in [0.25, 0.3) is 0 Å². The van der Waals surface area contributed by atoms with Gasteiger partial charge in [0.2, 0.25) is 0 Å². The van der Waals surface area contributed by atoms with Gasteiger partial charge in [-0.25, -0.2) is 0 Å². The molecule has 0 fully saturated rings. The van der Waals surface area contributed by atoms with E-state index in [-0.39, 0.29) is 0 Å². The van der Waals surface area contributed by atoms with E-state index in [4.69, 9.17) is 0 Å². The third-order valence-electron chi connectivity index (χ3n) is 1.87. The summed E-state index contributed by atoms with van der Waals surface area (Å²) in [5.41, 5.74) is 2.45. The molecule has 0 atom stereocenters. The van der Waals surface area contributed by atoms with Crippen LogP contribution in [0.3, 0.4) is 0 Å². The van der Waals surface area contributed by atoms with E-state index in [1.165, 1.54) is 5.57 Å². The van der Waals surface area contributed by atoms with Crippen molar-refractivity contribution in [2.45, 2.75) is 68.2 Å². The summed E-state index contributed by atoms with van der Waals surface area (Å²) in [4.78, 5) is 4.31. The van der Waals surface area contributed by atoms with E-state index < -0.39 is 0 Å². The topological polar surface area (TPSA) is 12.4 Å². The van der Waals surface area contributed by atoms with E-state index in [0.29, 0.717) is 0 Å². The van der Waals surface area contributed by atoms with Gasteiger partial charge >= 0.3 is 0 Å². The molecule has 0 radical (unpaired) electrons. The van der Waals surface area contributed by atoms with Crippen molar-refractivity contribution >= 4 is 6.21 Å². The minimum absolute atomic E-state index is 1.03. The van der Waals surface area contributed by atoms with Crippen LogP contribution in [0.4, 0.5) is 0 Å². The summed E-state index contributed by atoms with van der Waals surface area (Å²) in [5.74, 6) is 0. The lowest BCUT2D eigenvalue weighted by Gasteiger charge is -2.02. The second-order valence-electron chi connectivity index (χ2n) is 2.69. The van der Waals surface area contributed by atoms with E-state index in [9.17, 15) is 0 Å². The maximum Gasteiger partial charge on any atom is 0.0654 e. The maximum atomic E-state index is 4.31. The highest BCUT2D eigenvalue weighted by Gasteiger charge is 2.00. The van der Waals surface area contributed by atoms with Gasteiger partial charge in [0.05, 0.1) is 5.70 Å². The van der Waals surface area contributed by atoms with Crippen molar-refractivity contribution in [3.63, 3.8) is 0 Å². The second-order valence-corrected chi connectivity index (χ2v) is 2.69.